The maximum Gasteiger partial charge on any atom is 0.290 e. The molecule has 11 heteroatoms. The highest BCUT2D eigenvalue weighted by Gasteiger charge is 2.26. The Morgan fingerprint density at radius 2 is 2.06 bits per heavy atom. The van der Waals surface area contributed by atoms with E-state index in [2.05, 4.69) is 30.5 Å². The Balaban J connectivity index is 1.14. The topological polar surface area (TPSA) is 139 Å². The number of pyridine rings is 1. The van der Waals surface area contributed by atoms with E-state index < -0.39 is 0 Å². The number of nitrogens with two attached hydrogens (primary N) is 1. The Hall–Kier alpha value is -3.70. The number of amides is 2. The van der Waals surface area contributed by atoms with Crippen LogP contribution in [0, 0.1) is 5.92 Å². The highest BCUT2D eigenvalue weighted by atomic mass is 32.2. The molecule has 0 atom stereocenters. The van der Waals surface area contributed by atoms with Gasteiger partial charge in [0.05, 0.1) is 28.8 Å². The number of aromatic nitrogens is 3. The van der Waals surface area contributed by atoms with Crippen LogP contribution in [0.1, 0.15) is 24.1 Å². The van der Waals surface area contributed by atoms with Crippen LogP contribution in [-0.4, -0.2) is 45.7 Å². The van der Waals surface area contributed by atoms with Crippen molar-refractivity contribution < 1.29 is 14.0 Å². The largest absolute Gasteiger partial charge is 0.472 e. The van der Waals surface area contributed by atoms with Crippen LogP contribution in [-0.2, 0) is 11.3 Å². The fraction of sp³-hybridized carbons (Fsp3) is 0.292. The molecule has 0 aromatic carbocycles. The van der Waals surface area contributed by atoms with Gasteiger partial charge in [-0.1, -0.05) is 6.07 Å². The Morgan fingerprint density at radius 3 is 2.80 bits per heavy atom. The Kier molecular flexibility index (Phi) is 6.77. The van der Waals surface area contributed by atoms with E-state index in [0.717, 1.165) is 61.1 Å². The van der Waals surface area contributed by atoms with Crippen LogP contribution in [0.25, 0.3) is 17.3 Å². The fourth-order valence-electron chi connectivity index (χ4n) is 4.19. The number of thioether (sulfide) groups is 1. The first-order valence-corrected chi connectivity index (χ1v) is 12.2. The number of furan rings is 1. The molecule has 5 heterocycles. The van der Waals surface area contributed by atoms with Crippen molar-refractivity contribution in [2.75, 3.05) is 30.3 Å². The molecule has 35 heavy (non-hydrogen) atoms. The molecule has 3 aromatic heterocycles. The number of piperidine rings is 1. The van der Waals surface area contributed by atoms with E-state index >= 15 is 0 Å². The van der Waals surface area contributed by atoms with E-state index in [9.17, 15) is 9.59 Å². The molecule has 2 aliphatic rings. The number of nitrogens with zero attached hydrogens (tertiary/aromatic N) is 4. The molecule has 2 fully saturated rings. The molecule has 2 saturated heterocycles. The first-order valence-electron chi connectivity index (χ1n) is 11.4. The maximum atomic E-state index is 11.8. The van der Waals surface area contributed by atoms with Gasteiger partial charge in [-0.25, -0.2) is 15.0 Å². The van der Waals surface area contributed by atoms with Crippen LogP contribution in [0.15, 0.2) is 52.3 Å². The lowest BCUT2D eigenvalue weighted by atomic mass is 9.97. The zero-order valence-electron chi connectivity index (χ0n) is 18.9. The van der Waals surface area contributed by atoms with Crippen molar-refractivity contribution in [3.8, 4) is 11.3 Å². The summed E-state index contributed by atoms with van der Waals surface area (Å²) < 4.78 is 5.21. The van der Waals surface area contributed by atoms with E-state index in [0.29, 0.717) is 34.8 Å². The standard InChI is InChI=1S/C24H25N7O3S/c25-20-2-1-16(21(29-20)17-6-10-34-14-17)13-26-12-15-4-8-31(9-5-15)23-27-7-3-18(28-23)11-19-22(32)30-24(33)35-19/h1-3,6-7,10-11,14-15,26H,4-5,8-9,12-13H2,(H2,25,29)(H,30,32,33)/b19-11+. The van der Waals surface area contributed by atoms with Crippen LogP contribution < -0.4 is 21.3 Å². The maximum absolute atomic E-state index is 11.8. The minimum Gasteiger partial charge on any atom is -0.472 e. The second kappa shape index (κ2) is 10.3. The third kappa shape index (κ3) is 5.52. The quantitative estimate of drug-likeness (QED) is 0.423. The van der Waals surface area contributed by atoms with Gasteiger partial charge in [-0.2, -0.15) is 0 Å². The van der Waals surface area contributed by atoms with Crippen molar-refractivity contribution in [1.29, 1.82) is 0 Å². The second-order valence-corrected chi connectivity index (χ2v) is 9.47. The van der Waals surface area contributed by atoms with Gasteiger partial charge >= 0.3 is 0 Å². The highest BCUT2D eigenvalue weighted by molar-refractivity contribution is 8.18. The third-order valence-corrected chi connectivity index (χ3v) is 6.84. The average Bonchev–Trinajstić information content (AvgIpc) is 3.50. The summed E-state index contributed by atoms with van der Waals surface area (Å²) in [6, 6.07) is 7.44. The summed E-state index contributed by atoms with van der Waals surface area (Å²) in [5.74, 6) is 1.28. The molecular weight excluding hydrogens is 466 g/mol. The molecule has 0 bridgehead atoms. The number of carbonyl (C=O) groups is 2. The van der Waals surface area contributed by atoms with Crippen molar-refractivity contribution in [1.82, 2.24) is 25.6 Å². The van der Waals surface area contributed by atoms with Crippen LogP contribution >= 0.6 is 11.8 Å². The number of nitrogens with one attached hydrogen (secondary N) is 2. The van der Waals surface area contributed by atoms with Gasteiger partial charge in [-0.3, -0.25) is 14.9 Å². The third-order valence-electron chi connectivity index (χ3n) is 6.03. The molecule has 0 radical (unpaired) electrons. The van der Waals surface area contributed by atoms with Gasteiger partial charge in [0.2, 0.25) is 5.95 Å². The van der Waals surface area contributed by atoms with Crippen molar-refractivity contribution in [3.63, 3.8) is 0 Å². The summed E-state index contributed by atoms with van der Waals surface area (Å²) in [7, 11) is 0. The van der Waals surface area contributed by atoms with Gasteiger partial charge in [0.25, 0.3) is 11.1 Å². The summed E-state index contributed by atoms with van der Waals surface area (Å²) in [6.07, 6.45) is 8.64. The molecule has 5 rings (SSSR count). The van der Waals surface area contributed by atoms with E-state index in [1.165, 1.54) is 0 Å². The summed E-state index contributed by atoms with van der Waals surface area (Å²) in [5, 5.41) is 5.46. The average molecular weight is 492 g/mol. The van der Waals surface area contributed by atoms with E-state index in [4.69, 9.17) is 10.2 Å². The van der Waals surface area contributed by atoms with Gasteiger partial charge in [0.1, 0.15) is 5.82 Å². The number of carbonyl (C=O) groups excluding carboxylic acids is 2. The van der Waals surface area contributed by atoms with Gasteiger partial charge in [0, 0.05) is 31.4 Å². The predicted molar refractivity (Wildman–Crippen MR) is 134 cm³/mol. The van der Waals surface area contributed by atoms with E-state index in [1.54, 1.807) is 30.9 Å². The lowest BCUT2D eigenvalue weighted by molar-refractivity contribution is -0.115. The zero-order chi connectivity index (χ0) is 24.2. The fourth-order valence-corrected chi connectivity index (χ4v) is 4.86. The Morgan fingerprint density at radius 1 is 1.20 bits per heavy atom. The smallest absolute Gasteiger partial charge is 0.290 e. The number of nitrogen functional groups attached to an aromatic ring is 1. The van der Waals surface area contributed by atoms with Gasteiger partial charge in [-0.05, 0) is 66.9 Å². The molecule has 2 aliphatic heterocycles. The van der Waals surface area contributed by atoms with Crippen LogP contribution in [0.3, 0.4) is 0 Å². The minimum absolute atomic E-state index is 0.344. The zero-order valence-corrected chi connectivity index (χ0v) is 19.8. The summed E-state index contributed by atoms with van der Waals surface area (Å²) in [6.45, 7) is 3.30. The number of hydrogen-bond donors (Lipinski definition) is 3. The van der Waals surface area contributed by atoms with Gasteiger partial charge in [0.15, 0.2) is 0 Å². The predicted octanol–water partition coefficient (Wildman–Crippen LogP) is 3.04. The molecule has 4 N–H and O–H groups in total. The van der Waals surface area contributed by atoms with Crippen molar-refractivity contribution in [2.45, 2.75) is 19.4 Å². The van der Waals surface area contributed by atoms with E-state index in [1.807, 2.05) is 18.2 Å². The second-order valence-electron chi connectivity index (χ2n) is 8.45. The molecule has 10 nitrogen and oxygen atoms in total. The molecule has 0 unspecified atom stereocenters. The molecule has 0 saturated carbocycles. The molecule has 2 amide bonds. The monoisotopic (exact) mass is 491 g/mol. The Bertz CT molecular complexity index is 1250. The van der Waals surface area contributed by atoms with Gasteiger partial charge < -0.3 is 20.4 Å². The summed E-state index contributed by atoms with van der Waals surface area (Å²) in [4.78, 5) is 39.1. The lowest BCUT2D eigenvalue weighted by Gasteiger charge is -2.32. The first kappa shape index (κ1) is 23.1. The molecular formula is C24H25N7O3S. The van der Waals surface area contributed by atoms with Crippen LogP contribution in [0.2, 0.25) is 0 Å². The lowest BCUT2D eigenvalue weighted by Crippen LogP contribution is -2.38. The Labute approximate surface area is 206 Å². The van der Waals surface area contributed by atoms with E-state index in [-0.39, 0.29) is 11.1 Å². The van der Waals surface area contributed by atoms with Crippen LogP contribution in [0.4, 0.5) is 16.6 Å². The first-order chi connectivity index (χ1) is 17.0. The molecule has 0 aliphatic carbocycles. The molecule has 3 aromatic rings. The number of rotatable bonds is 7. The van der Waals surface area contributed by atoms with Gasteiger partial charge in [-0.15, -0.1) is 0 Å². The number of imide groups is 1. The normalized spacial score (nSPS) is 17.8. The SMILES string of the molecule is Nc1ccc(CNCC2CCN(c3nccc(/C=C4/SC(=O)NC4=O)n3)CC2)c(-c2ccoc2)n1. The highest BCUT2D eigenvalue weighted by Crippen LogP contribution is 2.26. The van der Waals surface area contributed by atoms with Crippen molar-refractivity contribution in [3.05, 3.63) is 59.2 Å². The van der Waals surface area contributed by atoms with Crippen molar-refractivity contribution >= 4 is 40.8 Å². The summed E-state index contributed by atoms with van der Waals surface area (Å²) >= 11 is 0.883. The number of anilines is 2. The minimum atomic E-state index is -0.389. The van der Waals surface area contributed by atoms with Crippen LogP contribution in [0.5, 0.6) is 0 Å². The molecule has 180 valence electrons. The van der Waals surface area contributed by atoms with Crippen molar-refractivity contribution in [2.24, 2.45) is 5.92 Å². The summed E-state index contributed by atoms with van der Waals surface area (Å²) in [5.41, 5.74) is 9.33. The molecule has 0 spiro atoms. The number of hydrogen-bond acceptors (Lipinski definition) is 10.